The third-order valence-corrected chi connectivity index (χ3v) is 6.41. The highest BCUT2D eigenvalue weighted by molar-refractivity contribution is 8.13. The lowest BCUT2D eigenvalue weighted by Gasteiger charge is -2.29. The molecule has 0 bridgehead atoms. The molecule has 158 valence electrons. The van der Waals surface area contributed by atoms with Gasteiger partial charge in [0.2, 0.25) is 0 Å². The predicted molar refractivity (Wildman–Crippen MR) is 82.8 cm³/mol. The Kier molecular flexibility index (Phi) is 8.41. The van der Waals surface area contributed by atoms with Crippen LogP contribution in [0.5, 0.6) is 0 Å². The molecule has 1 saturated heterocycles. The van der Waals surface area contributed by atoms with Gasteiger partial charge in [0, 0.05) is 12.8 Å². The molecule has 0 unspecified atom stereocenters. The normalized spacial score (nSPS) is 18.5. The second-order valence-corrected chi connectivity index (χ2v) is 10.0. The summed E-state index contributed by atoms with van der Waals surface area (Å²) in [5.41, 5.74) is -12.4. The van der Waals surface area contributed by atoms with Gasteiger partial charge in [-0.2, -0.15) is 26.3 Å². The minimum atomic E-state index is -6.72. The maximum atomic E-state index is 11.4. The van der Waals surface area contributed by atoms with Crippen molar-refractivity contribution in [3.8, 4) is 0 Å². The predicted octanol–water partition coefficient (Wildman–Crippen LogP) is 3.33. The molecule has 0 radical (unpaired) electrons. The first-order valence-electron chi connectivity index (χ1n) is 7.53. The summed E-state index contributed by atoms with van der Waals surface area (Å²) >= 11 is 0. The van der Waals surface area contributed by atoms with Gasteiger partial charge >= 0.3 is 11.0 Å². The van der Waals surface area contributed by atoms with Gasteiger partial charge in [-0.25, -0.2) is 16.8 Å². The van der Waals surface area contributed by atoms with Crippen molar-refractivity contribution in [2.45, 2.75) is 44.1 Å². The zero-order valence-corrected chi connectivity index (χ0v) is 16.1. The van der Waals surface area contributed by atoms with Crippen molar-refractivity contribution in [1.82, 2.24) is 0 Å². The van der Waals surface area contributed by atoms with Crippen LogP contribution in [-0.2, 0) is 20.0 Å². The largest absolute Gasteiger partial charge is 0.480 e. The van der Waals surface area contributed by atoms with Gasteiger partial charge < -0.3 is 8.61 Å². The van der Waals surface area contributed by atoms with E-state index in [4.69, 9.17) is 0 Å². The minimum absolute atomic E-state index is 0.778. The van der Waals surface area contributed by atoms with Crippen LogP contribution in [0.1, 0.15) is 33.1 Å². The Balaban J connectivity index is 0.000000502. The van der Waals surface area contributed by atoms with E-state index >= 15 is 0 Å². The molecular formula is C12H22F6N2O4S2. The standard InChI is InChI=1S/C10H22N.C2F6NO4S2/c1-10(2)6-9-11(3)7-4-5-8-11;3-1(4,5)14(10,11)9-15(12,13)2(6,7)8/h10H,4-9H2,1-3H3;/q+1;-1. The lowest BCUT2D eigenvalue weighted by Crippen LogP contribution is -2.41. The Morgan fingerprint density at radius 1 is 0.885 bits per heavy atom. The van der Waals surface area contributed by atoms with E-state index in [1.54, 1.807) is 0 Å². The smallest absolute Gasteiger partial charge is 0.421 e. The van der Waals surface area contributed by atoms with Crippen molar-refractivity contribution in [2.24, 2.45) is 5.92 Å². The average molecular weight is 436 g/mol. The second-order valence-electron chi connectivity index (χ2n) is 6.60. The molecule has 0 saturated carbocycles. The first kappa shape index (κ1) is 25.4. The lowest BCUT2D eigenvalue weighted by molar-refractivity contribution is -0.898. The number of halogens is 6. The number of likely N-dealkylation sites (tertiary alicyclic amines) is 1. The van der Waals surface area contributed by atoms with Crippen molar-refractivity contribution in [3.05, 3.63) is 4.13 Å². The molecule has 0 atom stereocenters. The van der Waals surface area contributed by atoms with E-state index in [1.165, 1.54) is 43.4 Å². The van der Waals surface area contributed by atoms with Gasteiger partial charge in [-0.15, -0.1) is 0 Å². The van der Waals surface area contributed by atoms with E-state index < -0.39 is 31.1 Å². The molecule has 26 heavy (non-hydrogen) atoms. The van der Waals surface area contributed by atoms with Gasteiger partial charge in [0.25, 0.3) is 0 Å². The van der Waals surface area contributed by atoms with E-state index in [9.17, 15) is 43.2 Å². The van der Waals surface area contributed by atoms with Crippen molar-refractivity contribution >= 4 is 20.0 Å². The molecule has 0 aromatic carbocycles. The van der Waals surface area contributed by atoms with Crippen LogP contribution in [0.3, 0.4) is 0 Å². The molecule has 0 N–H and O–H groups in total. The molecule has 1 aliphatic rings. The average Bonchev–Trinajstić information content (AvgIpc) is 2.81. The summed E-state index contributed by atoms with van der Waals surface area (Å²) in [4.78, 5) is 0. The third-order valence-electron chi connectivity index (χ3n) is 3.67. The maximum absolute atomic E-state index is 11.4. The van der Waals surface area contributed by atoms with Crippen molar-refractivity contribution in [3.63, 3.8) is 0 Å². The molecule has 0 aromatic rings. The van der Waals surface area contributed by atoms with Crippen molar-refractivity contribution < 1.29 is 47.7 Å². The Labute approximate surface area is 149 Å². The molecule has 0 amide bonds. The van der Waals surface area contributed by atoms with Gasteiger partial charge in [-0.05, 0) is 12.3 Å². The fourth-order valence-electron chi connectivity index (χ4n) is 2.11. The molecule has 0 spiro atoms. The summed E-state index contributed by atoms with van der Waals surface area (Å²) < 4.78 is 111. The van der Waals surface area contributed by atoms with Crippen molar-refractivity contribution in [1.29, 1.82) is 0 Å². The van der Waals surface area contributed by atoms with Crippen LogP contribution in [0, 0.1) is 5.92 Å². The van der Waals surface area contributed by atoms with Crippen LogP contribution < -0.4 is 0 Å². The highest BCUT2D eigenvalue weighted by atomic mass is 32.3. The molecule has 1 fully saturated rings. The minimum Gasteiger partial charge on any atom is -0.421 e. The van der Waals surface area contributed by atoms with E-state index in [1.807, 2.05) is 0 Å². The Hall–Kier alpha value is -0.600. The van der Waals surface area contributed by atoms with Gasteiger partial charge in [0.05, 0.1) is 26.7 Å². The van der Waals surface area contributed by atoms with E-state index in [0.29, 0.717) is 0 Å². The van der Waals surface area contributed by atoms with Crippen LogP contribution in [0.15, 0.2) is 0 Å². The topological polar surface area (TPSA) is 82.4 Å². The molecular weight excluding hydrogens is 414 g/mol. The zero-order valence-electron chi connectivity index (χ0n) is 14.4. The SMILES string of the molecule is CC(C)CC[N+]1(C)CCCC1.O=S(=O)([N-]S(=O)(=O)C(F)(F)F)C(F)(F)F. The first-order valence-corrected chi connectivity index (χ1v) is 10.4. The number of sulfonamides is 2. The fourth-order valence-corrected chi connectivity index (χ4v) is 3.82. The summed E-state index contributed by atoms with van der Waals surface area (Å²) in [5, 5.41) is 0. The summed E-state index contributed by atoms with van der Waals surface area (Å²) in [6.07, 6.45) is 4.31. The first-order chi connectivity index (χ1) is 11.3. The number of rotatable bonds is 5. The fraction of sp³-hybridized carbons (Fsp3) is 1.00. The summed E-state index contributed by atoms with van der Waals surface area (Å²) in [6.45, 7) is 8.89. The van der Waals surface area contributed by atoms with Crippen molar-refractivity contribution in [2.75, 3.05) is 26.7 Å². The number of hydrogen-bond donors (Lipinski definition) is 0. The van der Waals surface area contributed by atoms with Crippen LogP contribution >= 0.6 is 0 Å². The monoisotopic (exact) mass is 436 g/mol. The van der Waals surface area contributed by atoms with Crippen LogP contribution in [0.25, 0.3) is 4.13 Å². The molecule has 6 nitrogen and oxygen atoms in total. The maximum Gasteiger partial charge on any atom is 0.480 e. The Bertz CT molecular complexity index is 608. The summed E-state index contributed by atoms with van der Waals surface area (Å²) in [7, 11) is -11.0. The van der Waals surface area contributed by atoms with E-state index in [-0.39, 0.29) is 0 Å². The Morgan fingerprint density at radius 2 is 1.23 bits per heavy atom. The highest BCUT2D eigenvalue weighted by Crippen LogP contribution is 2.36. The van der Waals surface area contributed by atoms with Crippen LogP contribution in [0.4, 0.5) is 26.3 Å². The Morgan fingerprint density at radius 3 is 1.50 bits per heavy atom. The molecule has 0 aromatic heterocycles. The number of nitrogens with zero attached hydrogens (tertiary/aromatic N) is 2. The molecule has 1 heterocycles. The third kappa shape index (κ3) is 7.96. The summed E-state index contributed by atoms with van der Waals surface area (Å²) in [5.74, 6) is 0.880. The lowest BCUT2D eigenvalue weighted by atomic mass is 10.1. The second kappa shape index (κ2) is 8.61. The van der Waals surface area contributed by atoms with Gasteiger partial charge in [0.15, 0.2) is 20.0 Å². The van der Waals surface area contributed by atoms with Gasteiger partial charge in [-0.1, -0.05) is 13.8 Å². The molecule has 1 rings (SSSR count). The zero-order chi connectivity index (χ0) is 21.0. The van der Waals surface area contributed by atoms with Gasteiger partial charge in [0.1, 0.15) is 0 Å². The van der Waals surface area contributed by atoms with Crippen LogP contribution in [-0.4, -0.2) is 59.0 Å². The summed E-state index contributed by atoms with van der Waals surface area (Å²) in [6, 6.07) is 0. The number of alkyl halides is 6. The van der Waals surface area contributed by atoms with Crippen LogP contribution in [0.2, 0.25) is 0 Å². The van der Waals surface area contributed by atoms with E-state index in [0.717, 1.165) is 10.0 Å². The highest BCUT2D eigenvalue weighted by Gasteiger charge is 2.46. The molecule has 0 aliphatic carbocycles. The molecule has 14 heteroatoms. The molecule has 1 aliphatic heterocycles. The number of quaternary nitrogens is 1. The quantitative estimate of drug-likeness (QED) is 0.489. The van der Waals surface area contributed by atoms with E-state index in [2.05, 4.69) is 20.9 Å². The van der Waals surface area contributed by atoms with Gasteiger partial charge in [-0.3, -0.25) is 0 Å². The number of hydrogen-bond acceptors (Lipinski definition) is 4.